The largest absolute Gasteiger partial charge is 0.480 e. The molecule has 2 N–H and O–H groups in total. The third-order valence-corrected chi connectivity index (χ3v) is 4.04. The van der Waals surface area contributed by atoms with Crippen LogP contribution in [0.1, 0.15) is 32.3 Å². The molecule has 116 valence electrons. The van der Waals surface area contributed by atoms with E-state index >= 15 is 0 Å². The molecule has 21 heavy (non-hydrogen) atoms. The second-order valence-electron chi connectivity index (χ2n) is 4.97. The van der Waals surface area contributed by atoms with Crippen LogP contribution < -0.4 is 5.32 Å². The standard InChI is InChI=1S/C15H21ClN2O3/c1-4-15(5-2,13(19)20)17-14(21)18(3)10-11-8-6-7-9-12(11)16/h6-9H,4-5,10H2,1-3H3,(H,17,21)(H,19,20). The molecule has 0 spiro atoms. The first-order valence-corrected chi connectivity index (χ1v) is 7.24. The number of carbonyl (C=O) groups excluding carboxylic acids is 1. The molecule has 0 heterocycles. The Balaban J connectivity index is 2.79. The summed E-state index contributed by atoms with van der Waals surface area (Å²) < 4.78 is 0. The molecule has 0 saturated carbocycles. The van der Waals surface area contributed by atoms with Crippen molar-refractivity contribution in [1.29, 1.82) is 0 Å². The van der Waals surface area contributed by atoms with Gasteiger partial charge in [-0.1, -0.05) is 43.6 Å². The molecule has 1 aromatic rings. The van der Waals surface area contributed by atoms with Gasteiger partial charge in [-0.05, 0) is 24.5 Å². The summed E-state index contributed by atoms with van der Waals surface area (Å²) in [5.74, 6) is -1.02. The van der Waals surface area contributed by atoms with E-state index in [0.29, 0.717) is 24.4 Å². The number of benzene rings is 1. The number of rotatable bonds is 6. The van der Waals surface area contributed by atoms with Crippen LogP contribution in [0.4, 0.5) is 4.79 Å². The lowest BCUT2D eigenvalue weighted by Gasteiger charge is -2.30. The molecule has 5 nitrogen and oxygen atoms in total. The monoisotopic (exact) mass is 312 g/mol. The van der Waals surface area contributed by atoms with Gasteiger partial charge < -0.3 is 15.3 Å². The maximum absolute atomic E-state index is 12.2. The lowest BCUT2D eigenvalue weighted by molar-refractivity contribution is -0.144. The van der Waals surface area contributed by atoms with Gasteiger partial charge in [-0.3, -0.25) is 0 Å². The van der Waals surface area contributed by atoms with Gasteiger partial charge in [-0.2, -0.15) is 0 Å². The third-order valence-electron chi connectivity index (χ3n) is 3.67. The molecule has 6 heteroatoms. The van der Waals surface area contributed by atoms with Gasteiger partial charge in [-0.15, -0.1) is 0 Å². The fourth-order valence-electron chi connectivity index (χ4n) is 2.04. The van der Waals surface area contributed by atoms with Crippen molar-refractivity contribution in [2.75, 3.05) is 7.05 Å². The van der Waals surface area contributed by atoms with Crippen molar-refractivity contribution in [2.24, 2.45) is 0 Å². The van der Waals surface area contributed by atoms with Crippen LogP contribution in [0.15, 0.2) is 24.3 Å². The second kappa shape index (κ2) is 7.31. The maximum Gasteiger partial charge on any atom is 0.329 e. The zero-order valence-corrected chi connectivity index (χ0v) is 13.3. The molecule has 0 aliphatic rings. The van der Waals surface area contributed by atoms with Crippen LogP contribution in [0.25, 0.3) is 0 Å². The van der Waals surface area contributed by atoms with E-state index in [1.54, 1.807) is 27.0 Å². The Kier molecular flexibility index (Phi) is 6.03. The molecule has 2 amide bonds. The number of nitrogens with one attached hydrogen (secondary N) is 1. The van der Waals surface area contributed by atoms with Gasteiger partial charge in [0.05, 0.1) is 0 Å². The molecular formula is C15H21ClN2O3. The van der Waals surface area contributed by atoms with Crippen molar-refractivity contribution in [3.05, 3.63) is 34.9 Å². The van der Waals surface area contributed by atoms with Crippen molar-refractivity contribution < 1.29 is 14.7 Å². The Hall–Kier alpha value is -1.75. The lowest BCUT2D eigenvalue weighted by Crippen LogP contribution is -2.56. The number of amides is 2. The summed E-state index contributed by atoms with van der Waals surface area (Å²) in [7, 11) is 1.61. The van der Waals surface area contributed by atoms with Crippen LogP contribution in [0.3, 0.4) is 0 Å². The number of hydrogen-bond donors (Lipinski definition) is 2. The zero-order valence-electron chi connectivity index (χ0n) is 12.5. The number of carboxylic acid groups (broad SMARTS) is 1. The Morgan fingerprint density at radius 2 is 1.86 bits per heavy atom. The van der Waals surface area contributed by atoms with Crippen LogP contribution in [0.5, 0.6) is 0 Å². The Morgan fingerprint density at radius 3 is 2.33 bits per heavy atom. The third kappa shape index (κ3) is 4.11. The van der Waals surface area contributed by atoms with Gasteiger partial charge in [0.1, 0.15) is 5.54 Å². The van der Waals surface area contributed by atoms with E-state index in [-0.39, 0.29) is 0 Å². The number of carboxylic acids is 1. The van der Waals surface area contributed by atoms with E-state index in [0.717, 1.165) is 5.56 Å². The van der Waals surface area contributed by atoms with Crippen molar-refractivity contribution >= 4 is 23.6 Å². The molecule has 1 rings (SSSR count). The molecule has 0 aliphatic carbocycles. The fourth-order valence-corrected chi connectivity index (χ4v) is 2.23. The van der Waals surface area contributed by atoms with Crippen LogP contribution in [0, 0.1) is 0 Å². The van der Waals surface area contributed by atoms with Gasteiger partial charge in [-0.25, -0.2) is 9.59 Å². The molecule has 0 saturated heterocycles. The summed E-state index contributed by atoms with van der Waals surface area (Å²) in [4.78, 5) is 25.0. The minimum Gasteiger partial charge on any atom is -0.480 e. The van der Waals surface area contributed by atoms with Crippen LogP contribution in [0.2, 0.25) is 5.02 Å². The Labute approximate surface area is 129 Å². The normalized spacial score (nSPS) is 11.0. The summed E-state index contributed by atoms with van der Waals surface area (Å²) in [5, 5.41) is 12.5. The molecule has 0 fully saturated rings. The summed E-state index contributed by atoms with van der Waals surface area (Å²) in [6.45, 7) is 3.80. The molecule has 1 aromatic carbocycles. The highest BCUT2D eigenvalue weighted by Crippen LogP contribution is 2.18. The van der Waals surface area contributed by atoms with Gasteiger partial charge in [0.15, 0.2) is 0 Å². The number of hydrogen-bond acceptors (Lipinski definition) is 2. The average Bonchev–Trinajstić information content (AvgIpc) is 2.46. The van der Waals surface area contributed by atoms with Crippen LogP contribution >= 0.6 is 11.6 Å². The smallest absolute Gasteiger partial charge is 0.329 e. The van der Waals surface area contributed by atoms with Gasteiger partial charge in [0.25, 0.3) is 0 Å². The first-order chi connectivity index (χ1) is 9.86. The number of halogens is 1. The van der Waals surface area contributed by atoms with Crippen molar-refractivity contribution in [1.82, 2.24) is 10.2 Å². The van der Waals surface area contributed by atoms with E-state index in [9.17, 15) is 14.7 Å². The lowest BCUT2D eigenvalue weighted by atomic mass is 9.93. The van der Waals surface area contributed by atoms with Gasteiger partial charge in [0.2, 0.25) is 0 Å². The molecule has 0 aromatic heterocycles. The van der Waals surface area contributed by atoms with Crippen LogP contribution in [-0.2, 0) is 11.3 Å². The van der Waals surface area contributed by atoms with Crippen molar-refractivity contribution in [2.45, 2.75) is 38.8 Å². The maximum atomic E-state index is 12.2. The highest BCUT2D eigenvalue weighted by Gasteiger charge is 2.37. The summed E-state index contributed by atoms with van der Waals surface area (Å²) in [6, 6.07) is 6.81. The van der Waals surface area contributed by atoms with Crippen molar-refractivity contribution in [3.8, 4) is 0 Å². The predicted molar refractivity (Wildman–Crippen MR) is 82.4 cm³/mol. The summed E-state index contributed by atoms with van der Waals surface area (Å²) in [6.07, 6.45) is 0.648. The first-order valence-electron chi connectivity index (χ1n) is 6.86. The fraction of sp³-hybridized carbons (Fsp3) is 0.467. The number of nitrogens with zero attached hydrogens (tertiary/aromatic N) is 1. The SMILES string of the molecule is CCC(CC)(NC(=O)N(C)Cc1ccccc1Cl)C(=O)O. The summed E-state index contributed by atoms with van der Waals surface area (Å²) >= 11 is 6.06. The number of aliphatic carboxylic acids is 1. The predicted octanol–water partition coefficient (Wildman–Crippen LogP) is 3.12. The van der Waals surface area contributed by atoms with Gasteiger partial charge >= 0.3 is 12.0 Å². The molecule has 0 aliphatic heterocycles. The van der Waals surface area contributed by atoms with E-state index < -0.39 is 17.5 Å². The molecular weight excluding hydrogens is 292 g/mol. The molecule has 0 atom stereocenters. The summed E-state index contributed by atoms with van der Waals surface area (Å²) in [5.41, 5.74) is -0.419. The van der Waals surface area contributed by atoms with E-state index in [1.165, 1.54) is 4.90 Å². The molecule has 0 radical (unpaired) electrons. The highest BCUT2D eigenvalue weighted by molar-refractivity contribution is 6.31. The van der Waals surface area contributed by atoms with Gasteiger partial charge in [0, 0.05) is 18.6 Å². The minimum atomic E-state index is -1.23. The van der Waals surface area contributed by atoms with E-state index in [4.69, 9.17) is 11.6 Å². The van der Waals surface area contributed by atoms with E-state index in [1.807, 2.05) is 18.2 Å². The number of carbonyl (C=O) groups is 2. The Bertz CT molecular complexity index is 515. The van der Waals surface area contributed by atoms with Crippen molar-refractivity contribution in [3.63, 3.8) is 0 Å². The average molecular weight is 313 g/mol. The zero-order chi connectivity index (χ0) is 16.0. The number of urea groups is 1. The second-order valence-corrected chi connectivity index (χ2v) is 5.38. The molecule has 0 bridgehead atoms. The van der Waals surface area contributed by atoms with E-state index in [2.05, 4.69) is 5.32 Å². The quantitative estimate of drug-likeness (QED) is 0.848. The van der Waals surface area contributed by atoms with Crippen LogP contribution in [-0.4, -0.2) is 34.6 Å². The highest BCUT2D eigenvalue weighted by atomic mass is 35.5. The molecule has 0 unspecified atom stereocenters. The minimum absolute atomic E-state index is 0.314. The first kappa shape index (κ1) is 17.3. The topological polar surface area (TPSA) is 69.6 Å². The Morgan fingerprint density at radius 1 is 1.29 bits per heavy atom.